The van der Waals surface area contributed by atoms with Crippen molar-refractivity contribution in [3.8, 4) is 0 Å². The van der Waals surface area contributed by atoms with E-state index in [1.807, 2.05) is 0 Å². The second kappa shape index (κ2) is 9.65. The standard InChI is InChI=1S/Al.Ca.O3Si/c;;1-4(2)3/q+3;+2;-2. The van der Waals surface area contributed by atoms with Gasteiger partial charge in [-0.15, -0.1) is 0 Å². The molecule has 24 valence electrons. The summed E-state index contributed by atoms with van der Waals surface area (Å²) in [7, 11) is -3.63. The molecule has 0 fully saturated rings. The van der Waals surface area contributed by atoms with Gasteiger partial charge in [-0.1, -0.05) is 0 Å². The van der Waals surface area contributed by atoms with Gasteiger partial charge in [0.15, 0.2) is 0 Å². The van der Waals surface area contributed by atoms with E-state index in [0.717, 1.165) is 0 Å². The Kier molecular flexibility index (Phi) is 25.2. The Bertz CT molecular complexity index is 33.8. The Morgan fingerprint density at radius 1 is 1.33 bits per heavy atom. The van der Waals surface area contributed by atoms with Gasteiger partial charge in [-0.2, -0.15) is 0 Å². The molecule has 0 saturated heterocycles. The van der Waals surface area contributed by atoms with Crippen LogP contribution in [0.2, 0.25) is 0 Å². The summed E-state index contributed by atoms with van der Waals surface area (Å²) in [5.41, 5.74) is 0. The molecule has 0 N–H and O–H groups in total. The summed E-state index contributed by atoms with van der Waals surface area (Å²) in [6, 6.07) is 0. The predicted octanol–water partition coefficient (Wildman–Crippen LogP) is -3.64. The average Bonchev–Trinajstić information content (AvgIpc) is 0.811. The zero-order chi connectivity index (χ0) is 3.58. The molecule has 6 heteroatoms. The second-order valence-corrected chi connectivity index (χ2v) is 0.750. The first kappa shape index (κ1) is 15.7. The van der Waals surface area contributed by atoms with Gasteiger partial charge in [-0.25, -0.2) is 0 Å². The number of rotatable bonds is 0. The minimum Gasteiger partial charge on any atom is -0.672 e. The van der Waals surface area contributed by atoms with Gasteiger partial charge in [0.05, 0.1) is 0 Å². The van der Waals surface area contributed by atoms with Crippen molar-refractivity contribution in [2.45, 2.75) is 0 Å². The van der Waals surface area contributed by atoms with Crippen LogP contribution in [-0.2, 0) is 4.46 Å². The van der Waals surface area contributed by atoms with Crippen LogP contribution in [0, 0.1) is 0 Å². The average molecular weight is 143 g/mol. The fourth-order valence-electron chi connectivity index (χ4n) is 0. The van der Waals surface area contributed by atoms with E-state index in [0.29, 0.717) is 0 Å². The van der Waals surface area contributed by atoms with Crippen LogP contribution < -0.4 is 9.59 Å². The molecular formula is AlCaO3Si+3. The van der Waals surface area contributed by atoms with Crippen LogP contribution in [0.15, 0.2) is 0 Å². The van der Waals surface area contributed by atoms with E-state index >= 15 is 0 Å². The Morgan fingerprint density at radius 3 is 1.33 bits per heavy atom. The second-order valence-electron chi connectivity index (χ2n) is 0.250. The van der Waals surface area contributed by atoms with Gasteiger partial charge in [-0.05, 0) is 0 Å². The van der Waals surface area contributed by atoms with Crippen molar-refractivity contribution in [2.75, 3.05) is 0 Å². The summed E-state index contributed by atoms with van der Waals surface area (Å²) < 4.78 is 8.52. The van der Waals surface area contributed by atoms with Gasteiger partial charge < -0.3 is 14.1 Å². The Balaban J connectivity index is -0.0000000450. The van der Waals surface area contributed by atoms with E-state index in [1.54, 1.807) is 0 Å². The molecule has 0 aliphatic heterocycles. The van der Waals surface area contributed by atoms with Crippen LogP contribution >= 0.6 is 0 Å². The van der Waals surface area contributed by atoms with Gasteiger partial charge in [-0.3, -0.25) is 0 Å². The zero-order valence-corrected chi connectivity index (χ0v) is 7.37. The summed E-state index contributed by atoms with van der Waals surface area (Å²) in [5, 5.41) is 0. The van der Waals surface area contributed by atoms with Crippen molar-refractivity contribution in [1.82, 2.24) is 0 Å². The minimum absolute atomic E-state index is 0. The summed E-state index contributed by atoms with van der Waals surface area (Å²) >= 11 is 0. The maximum Gasteiger partial charge on any atom is 3.00 e. The van der Waals surface area contributed by atoms with Crippen molar-refractivity contribution in [1.29, 1.82) is 0 Å². The molecule has 0 rings (SSSR count). The maximum absolute atomic E-state index is 8.52. The molecule has 3 nitrogen and oxygen atoms in total. The molecule has 0 radical (unpaired) electrons. The smallest absolute Gasteiger partial charge is 0.672 e. The van der Waals surface area contributed by atoms with Crippen LogP contribution in [-0.4, -0.2) is 64.3 Å². The van der Waals surface area contributed by atoms with Crippen molar-refractivity contribution in [2.24, 2.45) is 0 Å². The molecule has 0 heterocycles. The summed E-state index contributed by atoms with van der Waals surface area (Å²) in [4.78, 5) is 17.0. The SMILES string of the molecule is O=[Si]([O-])[O-].[Al+3].[Ca+2]. The molecule has 0 unspecified atom stereocenters. The number of hydrogen-bond acceptors (Lipinski definition) is 3. The zero-order valence-electron chi connectivity index (χ0n) is 3.01. The van der Waals surface area contributed by atoms with Crippen molar-refractivity contribution < 1.29 is 14.1 Å². The maximum atomic E-state index is 8.52. The third kappa shape index (κ3) is 53.0. The normalized spacial score (nSPS) is 4.00. The van der Waals surface area contributed by atoms with Crippen LogP contribution in [0.25, 0.3) is 0 Å². The monoisotopic (exact) mass is 143 g/mol. The Morgan fingerprint density at radius 2 is 1.33 bits per heavy atom. The molecule has 0 aromatic heterocycles. The fraction of sp³-hybridized carbons (Fsp3) is 0. The molecule has 0 aliphatic carbocycles. The van der Waals surface area contributed by atoms with E-state index in [4.69, 9.17) is 14.1 Å². The molecule has 0 amide bonds. The third-order valence-electron chi connectivity index (χ3n) is 0. The molecule has 0 spiro atoms. The number of hydrogen-bond donors (Lipinski definition) is 0. The summed E-state index contributed by atoms with van der Waals surface area (Å²) in [6.45, 7) is 0. The fourth-order valence-corrected chi connectivity index (χ4v) is 0. The first-order valence-electron chi connectivity index (χ1n) is 0.612. The van der Waals surface area contributed by atoms with E-state index < -0.39 is 9.17 Å². The molecule has 0 saturated carbocycles. The summed E-state index contributed by atoms with van der Waals surface area (Å²) in [5.74, 6) is 0. The van der Waals surface area contributed by atoms with Gasteiger partial charge in [0.25, 0.3) is 0 Å². The minimum atomic E-state index is -3.63. The molecule has 0 atom stereocenters. The van der Waals surface area contributed by atoms with Crippen molar-refractivity contribution >= 4 is 64.3 Å². The topological polar surface area (TPSA) is 63.2 Å². The first-order chi connectivity index (χ1) is 1.73. The molecule has 0 aromatic carbocycles. The van der Waals surface area contributed by atoms with Crippen molar-refractivity contribution in [3.05, 3.63) is 0 Å². The predicted molar refractivity (Wildman–Crippen MR) is 17.9 cm³/mol. The summed E-state index contributed by atoms with van der Waals surface area (Å²) in [6.07, 6.45) is 0. The van der Waals surface area contributed by atoms with E-state index in [2.05, 4.69) is 0 Å². The molecular weight excluding hydrogens is 143 g/mol. The van der Waals surface area contributed by atoms with Gasteiger partial charge in [0.2, 0.25) is 0 Å². The Hall–Kier alpha value is 1.41. The quantitative estimate of drug-likeness (QED) is 0.329. The Labute approximate surface area is 77.4 Å². The largest absolute Gasteiger partial charge is 3.00 e. The van der Waals surface area contributed by atoms with Crippen LogP contribution in [0.4, 0.5) is 0 Å². The van der Waals surface area contributed by atoms with E-state index in [1.165, 1.54) is 0 Å². The van der Waals surface area contributed by atoms with Gasteiger partial charge >= 0.3 is 55.1 Å². The van der Waals surface area contributed by atoms with E-state index in [9.17, 15) is 0 Å². The van der Waals surface area contributed by atoms with Gasteiger partial charge in [0, 0.05) is 9.17 Å². The van der Waals surface area contributed by atoms with Crippen LogP contribution in [0.5, 0.6) is 0 Å². The van der Waals surface area contributed by atoms with Crippen LogP contribution in [0.3, 0.4) is 0 Å². The first-order valence-corrected chi connectivity index (χ1v) is 1.84. The van der Waals surface area contributed by atoms with E-state index in [-0.39, 0.29) is 55.1 Å². The van der Waals surface area contributed by atoms with Crippen LogP contribution in [0.1, 0.15) is 0 Å². The van der Waals surface area contributed by atoms with Gasteiger partial charge in [0.1, 0.15) is 0 Å². The third-order valence-corrected chi connectivity index (χ3v) is 0. The molecule has 6 heavy (non-hydrogen) atoms. The van der Waals surface area contributed by atoms with Crippen molar-refractivity contribution in [3.63, 3.8) is 0 Å². The molecule has 0 bridgehead atoms. The molecule has 0 aliphatic rings. The molecule has 0 aromatic rings.